The quantitative estimate of drug-likeness (QED) is 0.183. The molecular formula is C44H26N4. The molecule has 0 saturated carbocycles. The number of hydrogen-bond acceptors (Lipinski definition) is 1. The second kappa shape index (κ2) is 10.9. The lowest BCUT2D eigenvalue weighted by atomic mass is 9.96. The molecule has 7 aromatic carbocycles. The zero-order chi connectivity index (χ0) is 32.2. The van der Waals surface area contributed by atoms with Crippen molar-refractivity contribution in [2.75, 3.05) is 0 Å². The molecule has 0 amide bonds. The fraction of sp³-hybridized carbons (Fsp3) is 0. The molecule has 4 heteroatoms. The SMILES string of the molecule is [C-]#[N+]c1ccc(-n2c3ccccc3c3ccc(C#N)cc32)cc1-c1cccc(-c2ccccc2-n2c3ccccc3c3ccccc32)c1. The number of benzene rings is 7. The van der Waals surface area contributed by atoms with E-state index in [0.29, 0.717) is 11.3 Å². The highest BCUT2D eigenvalue weighted by molar-refractivity contribution is 6.11. The molecule has 0 saturated heterocycles. The van der Waals surface area contributed by atoms with Gasteiger partial charge in [0.25, 0.3) is 0 Å². The summed E-state index contributed by atoms with van der Waals surface area (Å²) in [5.41, 5.74) is 11.6. The third-order valence-electron chi connectivity index (χ3n) is 9.37. The average molecular weight is 611 g/mol. The van der Waals surface area contributed by atoms with Gasteiger partial charge in [-0.05, 0) is 71.3 Å². The van der Waals surface area contributed by atoms with Crippen molar-refractivity contribution in [3.63, 3.8) is 0 Å². The zero-order valence-electron chi connectivity index (χ0n) is 25.8. The van der Waals surface area contributed by atoms with Crippen LogP contribution in [-0.2, 0) is 0 Å². The Hall–Kier alpha value is -6.88. The normalized spacial score (nSPS) is 11.3. The molecule has 0 N–H and O–H groups in total. The maximum Gasteiger partial charge on any atom is 0.195 e. The highest BCUT2D eigenvalue weighted by Gasteiger charge is 2.17. The van der Waals surface area contributed by atoms with Crippen molar-refractivity contribution < 1.29 is 0 Å². The van der Waals surface area contributed by atoms with Crippen LogP contribution in [-0.4, -0.2) is 9.13 Å². The number of nitriles is 1. The summed E-state index contributed by atoms with van der Waals surface area (Å²) < 4.78 is 4.56. The van der Waals surface area contributed by atoms with Gasteiger partial charge in [-0.1, -0.05) is 103 Å². The van der Waals surface area contributed by atoms with Crippen LogP contribution in [0.3, 0.4) is 0 Å². The van der Waals surface area contributed by atoms with Crippen LogP contribution in [0.2, 0.25) is 0 Å². The van der Waals surface area contributed by atoms with Crippen LogP contribution >= 0.6 is 0 Å². The Morgan fingerprint density at radius 2 is 1.06 bits per heavy atom. The molecule has 0 aliphatic heterocycles. The first kappa shape index (κ1) is 27.4. The molecule has 0 unspecified atom stereocenters. The molecule has 0 bridgehead atoms. The largest absolute Gasteiger partial charge is 0.309 e. The number of rotatable bonds is 4. The first-order chi connectivity index (χ1) is 23.7. The van der Waals surface area contributed by atoms with E-state index in [1.165, 1.54) is 10.8 Å². The number of aromatic nitrogens is 2. The van der Waals surface area contributed by atoms with Gasteiger partial charge < -0.3 is 9.13 Å². The summed E-state index contributed by atoms with van der Waals surface area (Å²) >= 11 is 0. The van der Waals surface area contributed by atoms with Gasteiger partial charge in [-0.25, -0.2) is 4.85 Å². The topological polar surface area (TPSA) is 38.0 Å². The fourth-order valence-electron chi connectivity index (χ4n) is 7.26. The molecule has 222 valence electrons. The van der Waals surface area contributed by atoms with Crippen molar-refractivity contribution >= 4 is 49.3 Å². The minimum absolute atomic E-state index is 0.588. The standard InChI is InChI=1S/C44H26N4/c1-46-39-24-22-32(47-41-18-7-3-16-36(41)37-23-21-29(28-45)25-44(37)47)27-38(39)31-12-10-11-30(26-31)33-13-2-6-17-40(33)48-42-19-8-4-14-34(42)35-15-5-9-20-43(35)48/h2-27H. The lowest BCUT2D eigenvalue weighted by Crippen LogP contribution is -1.97. The molecule has 2 aromatic heterocycles. The molecule has 0 aliphatic carbocycles. The molecule has 0 aliphatic rings. The summed E-state index contributed by atoms with van der Waals surface area (Å²) in [5.74, 6) is 0. The number of fused-ring (bicyclic) bond motifs is 6. The van der Waals surface area contributed by atoms with Crippen LogP contribution in [0.4, 0.5) is 5.69 Å². The fourth-order valence-corrected chi connectivity index (χ4v) is 7.26. The van der Waals surface area contributed by atoms with Gasteiger partial charge >= 0.3 is 0 Å². The minimum Gasteiger partial charge on any atom is -0.309 e. The Bertz CT molecular complexity index is 2760. The van der Waals surface area contributed by atoms with E-state index >= 15 is 0 Å². The molecule has 0 fully saturated rings. The van der Waals surface area contributed by atoms with E-state index < -0.39 is 0 Å². The van der Waals surface area contributed by atoms with Crippen molar-refractivity contribution in [3.8, 4) is 39.7 Å². The van der Waals surface area contributed by atoms with Gasteiger partial charge in [0.1, 0.15) is 0 Å². The number of nitrogens with zero attached hydrogens (tertiary/aromatic N) is 4. The second-order valence-electron chi connectivity index (χ2n) is 12.0. The first-order valence-corrected chi connectivity index (χ1v) is 15.9. The molecule has 4 nitrogen and oxygen atoms in total. The Balaban J connectivity index is 1.24. The molecule has 0 radical (unpaired) electrons. The van der Waals surface area contributed by atoms with Crippen molar-refractivity contribution in [2.45, 2.75) is 0 Å². The average Bonchev–Trinajstić information content (AvgIpc) is 3.67. The van der Waals surface area contributed by atoms with Crippen LogP contribution < -0.4 is 0 Å². The Kier molecular flexibility index (Phi) is 6.22. The van der Waals surface area contributed by atoms with Gasteiger partial charge in [0.05, 0.1) is 46.0 Å². The summed E-state index contributed by atoms with van der Waals surface area (Å²) in [5, 5.41) is 14.4. The van der Waals surface area contributed by atoms with E-state index in [4.69, 9.17) is 6.57 Å². The summed E-state index contributed by atoms with van der Waals surface area (Å²) in [6.45, 7) is 8.07. The predicted octanol–water partition coefficient (Wildman–Crippen LogP) is 11.6. The third-order valence-corrected chi connectivity index (χ3v) is 9.37. The maximum atomic E-state index is 9.70. The smallest absolute Gasteiger partial charge is 0.195 e. The maximum absolute atomic E-state index is 9.70. The van der Waals surface area contributed by atoms with E-state index in [0.717, 1.165) is 66.5 Å². The second-order valence-corrected chi connectivity index (χ2v) is 12.0. The highest BCUT2D eigenvalue weighted by atomic mass is 15.0. The minimum atomic E-state index is 0.588. The third kappa shape index (κ3) is 4.14. The van der Waals surface area contributed by atoms with Gasteiger partial charge in [-0.15, -0.1) is 0 Å². The molecule has 48 heavy (non-hydrogen) atoms. The molecule has 0 atom stereocenters. The van der Waals surface area contributed by atoms with Crippen LogP contribution in [0.5, 0.6) is 0 Å². The van der Waals surface area contributed by atoms with Gasteiger partial charge in [-0.2, -0.15) is 5.26 Å². The van der Waals surface area contributed by atoms with E-state index in [-0.39, 0.29) is 0 Å². The predicted molar refractivity (Wildman–Crippen MR) is 197 cm³/mol. The van der Waals surface area contributed by atoms with E-state index in [1.807, 2.05) is 42.5 Å². The van der Waals surface area contributed by atoms with Crippen LogP contribution in [0.25, 0.3) is 82.1 Å². The molecule has 2 heterocycles. The van der Waals surface area contributed by atoms with E-state index in [2.05, 4.69) is 135 Å². The summed E-state index contributed by atoms with van der Waals surface area (Å²) in [4.78, 5) is 3.94. The van der Waals surface area contributed by atoms with Crippen LogP contribution in [0.15, 0.2) is 158 Å². The lowest BCUT2D eigenvalue weighted by molar-refractivity contribution is 1.18. The first-order valence-electron chi connectivity index (χ1n) is 15.9. The molecule has 9 aromatic rings. The molecule has 0 spiro atoms. The van der Waals surface area contributed by atoms with Gasteiger partial charge in [0.15, 0.2) is 5.69 Å². The van der Waals surface area contributed by atoms with Gasteiger partial charge in [-0.3, -0.25) is 0 Å². The highest BCUT2D eigenvalue weighted by Crippen LogP contribution is 2.40. The van der Waals surface area contributed by atoms with Crippen molar-refractivity contribution in [1.82, 2.24) is 9.13 Å². The van der Waals surface area contributed by atoms with Crippen LogP contribution in [0, 0.1) is 17.9 Å². The van der Waals surface area contributed by atoms with E-state index in [9.17, 15) is 5.26 Å². The van der Waals surface area contributed by atoms with Gasteiger partial charge in [0, 0.05) is 32.8 Å². The lowest BCUT2D eigenvalue weighted by Gasteiger charge is -2.16. The monoisotopic (exact) mass is 610 g/mol. The van der Waals surface area contributed by atoms with Crippen LogP contribution in [0.1, 0.15) is 5.56 Å². The van der Waals surface area contributed by atoms with Crippen molar-refractivity contribution in [1.29, 1.82) is 5.26 Å². The zero-order valence-corrected chi connectivity index (χ0v) is 25.8. The van der Waals surface area contributed by atoms with E-state index in [1.54, 1.807) is 0 Å². The Labute approximate surface area is 277 Å². The van der Waals surface area contributed by atoms with Crippen molar-refractivity contribution in [2.24, 2.45) is 0 Å². The Morgan fingerprint density at radius 1 is 0.479 bits per heavy atom. The summed E-state index contributed by atoms with van der Waals surface area (Å²) in [6.07, 6.45) is 0. The number of hydrogen-bond donors (Lipinski definition) is 0. The Morgan fingerprint density at radius 3 is 1.73 bits per heavy atom. The summed E-state index contributed by atoms with van der Waals surface area (Å²) in [7, 11) is 0. The van der Waals surface area contributed by atoms with Gasteiger partial charge in [0.2, 0.25) is 0 Å². The van der Waals surface area contributed by atoms with Crippen molar-refractivity contribution in [3.05, 3.63) is 175 Å². The number of para-hydroxylation sites is 4. The molecule has 9 rings (SSSR count). The molecular weight excluding hydrogens is 585 g/mol. The summed E-state index contributed by atoms with van der Waals surface area (Å²) in [6, 6.07) is 56.6.